The number of hydrogen-bond donors (Lipinski definition) is 3. The molecule has 1 heterocycles. The lowest BCUT2D eigenvalue weighted by Crippen LogP contribution is -2.23. The van der Waals surface area contributed by atoms with Crippen LogP contribution in [0.5, 0.6) is 0 Å². The molecular weight excluding hydrogens is 233 g/mol. The smallest absolute Gasteiger partial charge is 0.295 e. The molecular formula is C12H23BNO4. The molecule has 0 aromatic carbocycles. The lowest BCUT2D eigenvalue weighted by atomic mass is 9.88. The molecule has 0 bridgehead atoms. The van der Waals surface area contributed by atoms with E-state index in [1.54, 1.807) is 7.48 Å². The zero-order valence-electron chi connectivity index (χ0n) is 10.8. The molecule has 0 aliphatic carbocycles. The molecule has 1 rings (SSSR count). The van der Waals surface area contributed by atoms with Gasteiger partial charge in [-0.3, -0.25) is 0 Å². The summed E-state index contributed by atoms with van der Waals surface area (Å²) in [7, 11) is 1.71. The summed E-state index contributed by atoms with van der Waals surface area (Å²) in [6.07, 6.45) is 2.53. The molecule has 3 atom stereocenters. The zero-order valence-corrected chi connectivity index (χ0v) is 10.8. The highest BCUT2D eigenvalue weighted by molar-refractivity contribution is 6.27. The highest BCUT2D eigenvalue weighted by Gasteiger charge is 2.20. The molecule has 18 heavy (non-hydrogen) atoms. The van der Waals surface area contributed by atoms with Crippen molar-refractivity contribution < 1.29 is 19.6 Å². The zero-order chi connectivity index (χ0) is 13.4. The quantitative estimate of drug-likeness (QED) is 0.435. The van der Waals surface area contributed by atoms with Gasteiger partial charge in [0.25, 0.3) is 7.48 Å². The SMILES string of the molecule is C=C(CCCC1C[B]O[C@H](CO)CO1)C(O)CN. The van der Waals surface area contributed by atoms with Crippen molar-refractivity contribution in [1.82, 2.24) is 0 Å². The van der Waals surface area contributed by atoms with Gasteiger partial charge in [-0.2, -0.15) is 0 Å². The first-order chi connectivity index (χ1) is 8.67. The van der Waals surface area contributed by atoms with Crippen LogP contribution in [-0.4, -0.2) is 55.8 Å². The third kappa shape index (κ3) is 5.50. The fourth-order valence-corrected chi connectivity index (χ4v) is 1.84. The van der Waals surface area contributed by atoms with E-state index >= 15 is 0 Å². The maximum atomic E-state index is 9.47. The van der Waals surface area contributed by atoms with E-state index in [4.69, 9.17) is 20.2 Å². The number of aliphatic hydroxyl groups is 2. The molecule has 6 heteroatoms. The minimum atomic E-state index is -0.603. The van der Waals surface area contributed by atoms with Crippen LogP contribution in [0.1, 0.15) is 19.3 Å². The summed E-state index contributed by atoms with van der Waals surface area (Å²) in [6.45, 7) is 4.43. The molecule has 1 aliphatic heterocycles. The highest BCUT2D eigenvalue weighted by atomic mass is 16.5. The predicted molar refractivity (Wildman–Crippen MR) is 70.3 cm³/mol. The van der Waals surface area contributed by atoms with Crippen LogP contribution in [0.4, 0.5) is 0 Å². The van der Waals surface area contributed by atoms with Crippen molar-refractivity contribution in [2.45, 2.75) is 43.9 Å². The van der Waals surface area contributed by atoms with E-state index in [1.807, 2.05) is 0 Å². The molecule has 0 saturated carbocycles. The monoisotopic (exact) mass is 256 g/mol. The van der Waals surface area contributed by atoms with Gasteiger partial charge in [0, 0.05) is 6.54 Å². The van der Waals surface area contributed by atoms with Gasteiger partial charge >= 0.3 is 0 Å². The topological polar surface area (TPSA) is 84.9 Å². The average molecular weight is 256 g/mol. The summed E-state index contributed by atoms with van der Waals surface area (Å²) in [4.78, 5) is 0. The van der Waals surface area contributed by atoms with E-state index in [9.17, 15) is 5.11 Å². The van der Waals surface area contributed by atoms with Crippen LogP contribution in [0, 0.1) is 0 Å². The highest BCUT2D eigenvalue weighted by Crippen LogP contribution is 2.17. The Labute approximate surface area is 109 Å². The molecule has 1 aliphatic rings. The van der Waals surface area contributed by atoms with Gasteiger partial charge in [-0.25, -0.2) is 0 Å². The maximum Gasteiger partial charge on any atom is 0.295 e. The summed E-state index contributed by atoms with van der Waals surface area (Å²) in [6, 6.07) is 0. The van der Waals surface area contributed by atoms with Crippen molar-refractivity contribution in [2.24, 2.45) is 5.73 Å². The van der Waals surface area contributed by atoms with Crippen molar-refractivity contribution >= 4 is 7.48 Å². The van der Waals surface area contributed by atoms with E-state index in [0.29, 0.717) is 6.61 Å². The Hall–Kier alpha value is -0.395. The molecule has 103 valence electrons. The number of rotatable bonds is 7. The molecule has 0 aromatic heterocycles. The van der Waals surface area contributed by atoms with E-state index in [0.717, 1.165) is 31.2 Å². The van der Waals surface area contributed by atoms with E-state index in [2.05, 4.69) is 6.58 Å². The molecule has 2 unspecified atom stereocenters. The third-order valence-electron chi connectivity index (χ3n) is 3.09. The lowest BCUT2D eigenvalue weighted by Gasteiger charge is -2.16. The van der Waals surface area contributed by atoms with Gasteiger partial charge in [-0.05, 0) is 31.2 Å². The Morgan fingerprint density at radius 2 is 2.28 bits per heavy atom. The van der Waals surface area contributed by atoms with Crippen LogP contribution in [-0.2, 0) is 9.39 Å². The average Bonchev–Trinajstić information content (AvgIpc) is 2.62. The Kier molecular flexibility index (Phi) is 7.54. The fraction of sp³-hybridized carbons (Fsp3) is 0.833. The van der Waals surface area contributed by atoms with E-state index < -0.39 is 6.10 Å². The van der Waals surface area contributed by atoms with Crippen molar-refractivity contribution in [1.29, 1.82) is 0 Å². The second kappa shape index (κ2) is 8.66. The minimum Gasteiger partial charge on any atom is -0.433 e. The molecule has 1 saturated heterocycles. The van der Waals surface area contributed by atoms with Crippen LogP contribution in [0.15, 0.2) is 12.2 Å². The standard InChI is InChI=1S/C12H23BNO4/c1-9(12(16)6-14)3-2-4-10-5-13-18-11(7-15)8-17-10/h10-12,15-16H,1-8,14H2/t10?,11-,12?/m1/s1. The first-order valence-corrected chi connectivity index (χ1v) is 6.42. The Balaban J connectivity index is 2.17. The largest absolute Gasteiger partial charge is 0.433 e. The predicted octanol–water partition coefficient (Wildman–Crippen LogP) is -0.154. The summed E-state index contributed by atoms with van der Waals surface area (Å²) in [5.74, 6) is 0. The van der Waals surface area contributed by atoms with Gasteiger partial charge in [0.05, 0.1) is 31.5 Å². The van der Waals surface area contributed by atoms with Gasteiger partial charge in [0.1, 0.15) is 0 Å². The molecule has 5 nitrogen and oxygen atoms in total. The van der Waals surface area contributed by atoms with Crippen molar-refractivity contribution in [2.75, 3.05) is 19.8 Å². The molecule has 0 spiro atoms. The Morgan fingerprint density at radius 3 is 2.94 bits per heavy atom. The minimum absolute atomic E-state index is 0.0251. The molecule has 4 N–H and O–H groups in total. The van der Waals surface area contributed by atoms with Crippen LogP contribution < -0.4 is 5.73 Å². The van der Waals surface area contributed by atoms with Crippen LogP contribution in [0.25, 0.3) is 0 Å². The van der Waals surface area contributed by atoms with Crippen molar-refractivity contribution in [3.8, 4) is 0 Å². The summed E-state index contributed by atoms with van der Waals surface area (Å²) in [5.41, 5.74) is 6.14. The summed E-state index contributed by atoms with van der Waals surface area (Å²) < 4.78 is 10.9. The fourth-order valence-electron chi connectivity index (χ4n) is 1.84. The normalized spacial score (nSPS) is 26.2. The van der Waals surface area contributed by atoms with Gasteiger partial charge < -0.3 is 25.3 Å². The van der Waals surface area contributed by atoms with Crippen molar-refractivity contribution in [3.63, 3.8) is 0 Å². The maximum absolute atomic E-state index is 9.47. The van der Waals surface area contributed by atoms with E-state index in [-0.39, 0.29) is 25.4 Å². The van der Waals surface area contributed by atoms with Gasteiger partial charge in [0.15, 0.2) is 0 Å². The first kappa shape index (κ1) is 15.7. The van der Waals surface area contributed by atoms with Gasteiger partial charge in [0.2, 0.25) is 0 Å². The van der Waals surface area contributed by atoms with Crippen molar-refractivity contribution in [3.05, 3.63) is 12.2 Å². The number of hydrogen-bond acceptors (Lipinski definition) is 5. The Bertz CT molecular complexity index is 252. The van der Waals surface area contributed by atoms with E-state index in [1.165, 1.54) is 0 Å². The number of ether oxygens (including phenoxy) is 1. The Morgan fingerprint density at radius 1 is 1.50 bits per heavy atom. The first-order valence-electron chi connectivity index (χ1n) is 6.42. The summed E-state index contributed by atoms with van der Waals surface area (Å²) in [5, 5.41) is 18.4. The second-order valence-corrected chi connectivity index (χ2v) is 4.60. The number of nitrogens with two attached hydrogens (primary N) is 1. The van der Waals surface area contributed by atoms with Crippen LogP contribution in [0.2, 0.25) is 6.32 Å². The van der Waals surface area contributed by atoms with Gasteiger partial charge in [-0.1, -0.05) is 6.58 Å². The molecule has 1 radical (unpaired) electrons. The number of aliphatic hydroxyl groups excluding tert-OH is 2. The molecule has 0 amide bonds. The molecule has 0 aromatic rings. The lowest BCUT2D eigenvalue weighted by molar-refractivity contribution is 0.00248. The summed E-state index contributed by atoms with van der Waals surface area (Å²) >= 11 is 0. The van der Waals surface area contributed by atoms with Crippen LogP contribution >= 0.6 is 0 Å². The van der Waals surface area contributed by atoms with Crippen LogP contribution in [0.3, 0.4) is 0 Å². The second-order valence-electron chi connectivity index (χ2n) is 4.60. The third-order valence-corrected chi connectivity index (χ3v) is 3.09. The molecule has 1 fully saturated rings. The van der Waals surface area contributed by atoms with Gasteiger partial charge in [-0.15, -0.1) is 0 Å².